The van der Waals surface area contributed by atoms with Crippen molar-refractivity contribution in [3.05, 3.63) is 24.2 Å². The zero-order valence-corrected chi connectivity index (χ0v) is 9.31. The lowest BCUT2D eigenvalue weighted by Gasteiger charge is -2.01. The summed E-state index contributed by atoms with van der Waals surface area (Å²) in [5.41, 5.74) is 4.43. The van der Waals surface area contributed by atoms with Gasteiger partial charge in [-0.25, -0.2) is 15.8 Å². The van der Waals surface area contributed by atoms with E-state index in [1.54, 1.807) is 16.9 Å². The highest BCUT2D eigenvalue weighted by Gasteiger charge is 2.11. The summed E-state index contributed by atoms with van der Waals surface area (Å²) in [6, 6.07) is 1.71. The first-order valence-electron chi connectivity index (χ1n) is 5.07. The molecule has 0 radical (unpaired) electrons. The highest BCUT2D eigenvalue weighted by Crippen LogP contribution is 2.19. The Kier molecular flexibility index (Phi) is 2.82. The molecule has 6 heteroatoms. The van der Waals surface area contributed by atoms with E-state index in [1.807, 2.05) is 13.2 Å². The summed E-state index contributed by atoms with van der Waals surface area (Å²) >= 11 is 0. The van der Waals surface area contributed by atoms with E-state index in [0.29, 0.717) is 11.6 Å². The number of hydrazine groups is 1. The van der Waals surface area contributed by atoms with Crippen molar-refractivity contribution < 1.29 is 0 Å². The summed E-state index contributed by atoms with van der Waals surface area (Å²) in [7, 11) is 1.88. The van der Waals surface area contributed by atoms with E-state index >= 15 is 0 Å². The molecule has 0 aliphatic carbocycles. The second-order valence-corrected chi connectivity index (χ2v) is 3.43. The number of aryl methyl sites for hydroxylation is 2. The average molecular weight is 218 g/mol. The molecule has 0 saturated heterocycles. The van der Waals surface area contributed by atoms with Gasteiger partial charge in [-0.15, -0.1) is 0 Å². The lowest BCUT2D eigenvalue weighted by Crippen LogP contribution is -2.09. The second kappa shape index (κ2) is 4.28. The highest BCUT2D eigenvalue weighted by molar-refractivity contribution is 5.58. The minimum Gasteiger partial charge on any atom is -0.308 e. The molecule has 0 unspecified atom stereocenters. The average Bonchev–Trinajstić information content (AvgIpc) is 2.70. The van der Waals surface area contributed by atoms with E-state index in [-0.39, 0.29) is 0 Å². The Balaban J connectivity index is 2.48. The molecule has 2 aromatic rings. The van der Waals surface area contributed by atoms with Gasteiger partial charge in [0.1, 0.15) is 5.82 Å². The molecule has 2 rings (SSSR count). The molecule has 84 valence electrons. The molecule has 0 spiro atoms. The maximum absolute atomic E-state index is 5.31. The number of nitrogen functional groups attached to an aromatic ring is 1. The van der Waals surface area contributed by atoms with Crippen LogP contribution in [-0.2, 0) is 13.5 Å². The van der Waals surface area contributed by atoms with Gasteiger partial charge in [0.05, 0.1) is 11.3 Å². The molecule has 2 heterocycles. The standard InChI is InChI=1S/C10H14N6/c1-3-8-7(6-16(2)15-8)10-12-5-4-9(13-10)14-11/h4-6H,3,11H2,1-2H3,(H,12,13,14). The Bertz CT molecular complexity index is 490. The van der Waals surface area contributed by atoms with Gasteiger partial charge in [-0.3, -0.25) is 4.68 Å². The van der Waals surface area contributed by atoms with E-state index in [2.05, 4.69) is 27.4 Å². The number of nitrogens with zero attached hydrogens (tertiary/aromatic N) is 4. The maximum atomic E-state index is 5.31. The van der Waals surface area contributed by atoms with Crippen molar-refractivity contribution in [3.63, 3.8) is 0 Å². The summed E-state index contributed by atoms with van der Waals surface area (Å²) in [6.07, 6.45) is 4.43. The third-order valence-corrected chi connectivity index (χ3v) is 2.28. The summed E-state index contributed by atoms with van der Waals surface area (Å²) in [4.78, 5) is 8.50. The van der Waals surface area contributed by atoms with Crippen LogP contribution < -0.4 is 11.3 Å². The number of aromatic nitrogens is 4. The summed E-state index contributed by atoms with van der Waals surface area (Å²) < 4.78 is 1.76. The highest BCUT2D eigenvalue weighted by atomic mass is 15.3. The van der Waals surface area contributed by atoms with E-state index < -0.39 is 0 Å². The molecule has 0 bridgehead atoms. The molecule has 0 aliphatic heterocycles. The minimum atomic E-state index is 0.593. The maximum Gasteiger partial charge on any atom is 0.165 e. The van der Waals surface area contributed by atoms with Crippen LogP contribution in [0.4, 0.5) is 5.82 Å². The predicted octanol–water partition coefficient (Wildman–Crippen LogP) is 0.725. The first-order valence-corrected chi connectivity index (χ1v) is 5.07. The first-order chi connectivity index (χ1) is 7.74. The van der Waals surface area contributed by atoms with Gasteiger partial charge in [0.15, 0.2) is 5.82 Å². The molecule has 0 aliphatic rings. The number of nitrogens with two attached hydrogens (primary N) is 1. The van der Waals surface area contributed by atoms with Crippen molar-refractivity contribution in [1.29, 1.82) is 0 Å². The lowest BCUT2D eigenvalue weighted by molar-refractivity contribution is 0.746. The SMILES string of the molecule is CCc1nn(C)cc1-c1nccc(NN)n1. The molecular formula is C10H14N6. The summed E-state index contributed by atoms with van der Waals surface area (Å²) in [5, 5.41) is 4.35. The second-order valence-electron chi connectivity index (χ2n) is 3.43. The third kappa shape index (κ3) is 1.87. The lowest BCUT2D eigenvalue weighted by atomic mass is 10.2. The topological polar surface area (TPSA) is 81.7 Å². The fourth-order valence-electron chi connectivity index (χ4n) is 1.55. The molecule has 0 atom stereocenters. The normalized spacial score (nSPS) is 10.4. The van der Waals surface area contributed by atoms with Gasteiger partial charge in [-0.1, -0.05) is 6.92 Å². The van der Waals surface area contributed by atoms with E-state index in [1.165, 1.54) is 0 Å². The molecule has 0 aromatic carbocycles. The Morgan fingerprint density at radius 3 is 3.00 bits per heavy atom. The smallest absolute Gasteiger partial charge is 0.165 e. The molecule has 3 N–H and O–H groups in total. The number of hydrogen-bond donors (Lipinski definition) is 2. The number of rotatable bonds is 3. The minimum absolute atomic E-state index is 0.593. The monoisotopic (exact) mass is 218 g/mol. The van der Waals surface area contributed by atoms with Crippen LogP contribution in [0.25, 0.3) is 11.4 Å². The predicted molar refractivity (Wildman–Crippen MR) is 61.4 cm³/mol. The molecule has 0 amide bonds. The molecular weight excluding hydrogens is 204 g/mol. The molecule has 16 heavy (non-hydrogen) atoms. The van der Waals surface area contributed by atoms with Crippen LogP contribution in [-0.4, -0.2) is 19.7 Å². The van der Waals surface area contributed by atoms with Crippen molar-refractivity contribution >= 4 is 5.82 Å². The molecule has 2 aromatic heterocycles. The fourth-order valence-corrected chi connectivity index (χ4v) is 1.55. The zero-order chi connectivity index (χ0) is 11.5. The van der Waals surface area contributed by atoms with Crippen molar-refractivity contribution in [1.82, 2.24) is 19.7 Å². The van der Waals surface area contributed by atoms with Crippen LogP contribution in [0.15, 0.2) is 18.5 Å². The zero-order valence-electron chi connectivity index (χ0n) is 9.31. The fraction of sp³-hybridized carbons (Fsp3) is 0.300. The van der Waals surface area contributed by atoms with Gasteiger partial charge in [-0.2, -0.15) is 5.10 Å². The van der Waals surface area contributed by atoms with Crippen molar-refractivity contribution in [2.45, 2.75) is 13.3 Å². The van der Waals surface area contributed by atoms with Gasteiger partial charge in [-0.05, 0) is 6.42 Å². The number of nitrogens with one attached hydrogen (secondary N) is 1. The summed E-state index contributed by atoms with van der Waals surface area (Å²) in [6.45, 7) is 2.05. The van der Waals surface area contributed by atoms with Crippen molar-refractivity contribution in [2.24, 2.45) is 12.9 Å². The molecule has 0 fully saturated rings. The Morgan fingerprint density at radius 2 is 2.31 bits per heavy atom. The van der Waals surface area contributed by atoms with E-state index in [4.69, 9.17) is 5.84 Å². The first kappa shape index (κ1) is 10.6. The van der Waals surface area contributed by atoms with Gasteiger partial charge >= 0.3 is 0 Å². The van der Waals surface area contributed by atoms with Crippen LogP contribution in [0.2, 0.25) is 0 Å². The van der Waals surface area contributed by atoms with Gasteiger partial charge in [0.25, 0.3) is 0 Å². The van der Waals surface area contributed by atoms with Crippen LogP contribution >= 0.6 is 0 Å². The van der Waals surface area contributed by atoms with Crippen molar-refractivity contribution in [3.8, 4) is 11.4 Å². The molecule has 0 saturated carbocycles. The molecule has 6 nitrogen and oxygen atoms in total. The van der Waals surface area contributed by atoms with Crippen LogP contribution in [0.5, 0.6) is 0 Å². The van der Waals surface area contributed by atoms with Crippen LogP contribution in [0.3, 0.4) is 0 Å². The van der Waals surface area contributed by atoms with Crippen LogP contribution in [0, 0.1) is 0 Å². The number of anilines is 1. The third-order valence-electron chi connectivity index (χ3n) is 2.28. The summed E-state index contributed by atoms with van der Waals surface area (Å²) in [5.74, 6) is 6.54. The Hall–Kier alpha value is -1.95. The van der Waals surface area contributed by atoms with Crippen molar-refractivity contribution in [2.75, 3.05) is 5.43 Å². The van der Waals surface area contributed by atoms with Gasteiger partial charge in [0, 0.05) is 25.5 Å². The van der Waals surface area contributed by atoms with Gasteiger partial charge in [0.2, 0.25) is 0 Å². The number of hydrogen-bond acceptors (Lipinski definition) is 5. The van der Waals surface area contributed by atoms with E-state index in [9.17, 15) is 0 Å². The Labute approximate surface area is 93.5 Å². The largest absolute Gasteiger partial charge is 0.308 e. The Morgan fingerprint density at radius 1 is 1.50 bits per heavy atom. The quantitative estimate of drug-likeness (QED) is 0.586. The van der Waals surface area contributed by atoms with E-state index in [0.717, 1.165) is 17.7 Å². The van der Waals surface area contributed by atoms with Crippen LogP contribution in [0.1, 0.15) is 12.6 Å². The van der Waals surface area contributed by atoms with Gasteiger partial charge < -0.3 is 5.43 Å².